The van der Waals surface area contributed by atoms with Crippen LogP contribution in [0.4, 0.5) is 5.69 Å². The number of nitrogens with one attached hydrogen (secondary N) is 2. The van der Waals surface area contributed by atoms with E-state index in [1.54, 1.807) is 6.20 Å². The molecular weight excluding hydrogens is 372 g/mol. The van der Waals surface area contributed by atoms with E-state index in [1.165, 1.54) is 0 Å². The lowest BCUT2D eigenvalue weighted by Gasteiger charge is -2.07. The van der Waals surface area contributed by atoms with Crippen molar-refractivity contribution in [3.05, 3.63) is 51.3 Å². The summed E-state index contributed by atoms with van der Waals surface area (Å²) in [6.45, 7) is 0.664. The monoisotopic (exact) mass is 380 g/mol. The van der Waals surface area contributed by atoms with Crippen LogP contribution in [-0.2, 0) is 6.54 Å². The second-order valence-electron chi connectivity index (χ2n) is 4.11. The SMILES string of the molecule is Brc1cnc(CNc2ccc3[nH]ncc3c2)c(Br)c1. The fourth-order valence-corrected chi connectivity index (χ4v) is 2.94. The Morgan fingerprint density at radius 3 is 2.89 bits per heavy atom. The molecule has 3 aromatic rings. The number of benzene rings is 1. The number of rotatable bonds is 3. The number of aromatic nitrogens is 3. The number of halogens is 2. The Morgan fingerprint density at radius 1 is 1.16 bits per heavy atom. The molecule has 2 aromatic heterocycles. The lowest BCUT2D eigenvalue weighted by molar-refractivity contribution is 1.03. The first-order chi connectivity index (χ1) is 9.22. The van der Waals surface area contributed by atoms with Crippen LogP contribution >= 0.6 is 31.9 Å². The van der Waals surface area contributed by atoms with Crippen LogP contribution in [-0.4, -0.2) is 15.2 Å². The number of nitrogens with zero attached hydrogens (tertiary/aromatic N) is 2. The van der Waals surface area contributed by atoms with Crippen molar-refractivity contribution in [1.29, 1.82) is 0 Å². The van der Waals surface area contributed by atoms with E-state index in [1.807, 2.05) is 24.4 Å². The Bertz CT molecular complexity index is 723. The van der Waals surface area contributed by atoms with E-state index in [-0.39, 0.29) is 0 Å². The summed E-state index contributed by atoms with van der Waals surface area (Å²) in [4.78, 5) is 4.37. The smallest absolute Gasteiger partial charge is 0.0737 e. The van der Waals surface area contributed by atoms with Crippen molar-refractivity contribution < 1.29 is 0 Å². The van der Waals surface area contributed by atoms with Crippen LogP contribution in [0.3, 0.4) is 0 Å². The zero-order valence-electron chi connectivity index (χ0n) is 9.82. The number of hydrogen-bond acceptors (Lipinski definition) is 3. The number of pyridine rings is 1. The summed E-state index contributed by atoms with van der Waals surface area (Å²) in [6.07, 6.45) is 3.61. The van der Waals surface area contributed by atoms with Gasteiger partial charge >= 0.3 is 0 Å². The molecule has 0 aliphatic heterocycles. The third-order valence-corrected chi connectivity index (χ3v) is 3.90. The van der Waals surface area contributed by atoms with Crippen molar-refractivity contribution in [2.45, 2.75) is 6.54 Å². The van der Waals surface area contributed by atoms with Crippen LogP contribution in [0.15, 0.2) is 45.6 Å². The Labute approximate surface area is 126 Å². The number of aromatic amines is 1. The predicted molar refractivity (Wildman–Crippen MR) is 83.1 cm³/mol. The molecule has 2 N–H and O–H groups in total. The maximum atomic E-state index is 4.37. The van der Waals surface area contributed by atoms with Gasteiger partial charge in [-0.3, -0.25) is 10.1 Å². The number of hydrogen-bond donors (Lipinski definition) is 2. The summed E-state index contributed by atoms with van der Waals surface area (Å²) in [5.41, 5.74) is 3.05. The van der Waals surface area contributed by atoms with Gasteiger partial charge in [-0.15, -0.1) is 0 Å². The lowest BCUT2D eigenvalue weighted by Crippen LogP contribution is -2.02. The Morgan fingerprint density at radius 2 is 2.05 bits per heavy atom. The molecule has 3 rings (SSSR count). The van der Waals surface area contributed by atoms with Gasteiger partial charge in [-0.05, 0) is 56.1 Å². The molecule has 0 radical (unpaired) electrons. The van der Waals surface area contributed by atoms with E-state index in [2.05, 4.69) is 58.4 Å². The van der Waals surface area contributed by atoms with Gasteiger partial charge in [0.2, 0.25) is 0 Å². The molecule has 6 heteroatoms. The molecule has 0 fully saturated rings. The van der Waals surface area contributed by atoms with Crippen LogP contribution < -0.4 is 5.32 Å². The average molecular weight is 382 g/mol. The Hall–Kier alpha value is -1.40. The molecule has 0 atom stereocenters. The summed E-state index contributed by atoms with van der Waals surface area (Å²) in [5.74, 6) is 0. The maximum absolute atomic E-state index is 4.37. The van der Waals surface area contributed by atoms with Crippen molar-refractivity contribution in [3.63, 3.8) is 0 Å². The van der Waals surface area contributed by atoms with Crippen molar-refractivity contribution in [2.75, 3.05) is 5.32 Å². The van der Waals surface area contributed by atoms with Crippen molar-refractivity contribution >= 4 is 48.5 Å². The molecule has 4 nitrogen and oxygen atoms in total. The molecule has 0 saturated heterocycles. The zero-order valence-corrected chi connectivity index (χ0v) is 13.0. The first kappa shape index (κ1) is 12.6. The molecule has 0 unspecified atom stereocenters. The highest BCUT2D eigenvalue weighted by Gasteiger charge is 2.03. The fourth-order valence-electron chi connectivity index (χ4n) is 1.81. The van der Waals surface area contributed by atoms with Gasteiger partial charge in [0.15, 0.2) is 0 Å². The molecule has 0 saturated carbocycles. The third kappa shape index (κ3) is 2.79. The second-order valence-corrected chi connectivity index (χ2v) is 5.88. The van der Waals surface area contributed by atoms with E-state index < -0.39 is 0 Å². The third-order valence-electron chi connectivity index (χ3n) is 2.78. The van der Waals surface area contributed by atoms with Gasteiger partial charge in [0.05, 0.1) is 24.0 Å². The summed E-state index contributed by atoms with van der Waals surface area (Å²) in [5, 5.41) is 11.4. The maximum Gasteiger partial charge on any atom is 0.0737 e. The second kappa shape index (κ2) is 5.30. The minimum Gasteiger partial charge on any atom is -0.379 e. The minimum absolute atomic E-state index is 0.664. The first-order valence-electron chi connectivity index (χ1n) is 5.69. The van der Waals surface area contributed by atoms with Crippen LogP contribution in [0.25, 0.3) is 10.9 Å². The normalized spacial score (nSPS) is 10.8. The van der Waals surface area contributed by atoms with Crippen molar-refractivity contribution in [1.82, 2.24) is 15.2 Å². The van der Waals surface area contributed by atoms with Crippen molar-refractivity contribution in [3.8, 4) is 0 Å². The summed E-state index contributed by atoms with van der Waals surface area (Å²) < 4.78 is 1.95. The summed E-state index contributed by atoms with van der Waals surface area (Å²) in [7, 11) is 0. The topological polar surface area (TPSA) is 53.6 Å². The van der Waals surface area contributed by atoms with Gasteiger partial charge in [-0.2, -0.15) is 5.10 Å². The van der Waals surface area contributed by atoms with E-state index in [4.69, 9.17) is 0 Å². The quantitative estimate of drug-likeness (QED) is 0.718. The molecular formula is C13H10Br2N4. The van der Waals surface area contributed by atoms with Gasteiger partial charge in [-0.25, -0.2) is 0 Å². The van der Waals surface area contributed by atoms with Crippen LogP contribution in [0.5, 0.6) is 0 Å². The van der Waals surface area contributed by atoms with Gasteiger partial charge in [-0.1, -0.05) is 0 Å². The van der Waals surface area contributed by atoms with Crippen LogP contribution in [0, 0.1) is 0 Å². The first-order valence-corrected chi connectivity index (χ1v) is 7.28. The van der Waals surface area contributed by atoms with E-state index >= 15 is 0 Å². The highest BCUT2D eigenvalue weighted by Crippen LogP contribution is 2.21. The van der Waals surface area contributed by atoms with E-state index in [9.17, 15) is 0 Å². The molecule has 0 aliphatic carbocycles. The van der Waals surface area contributed by atoms with Crippen LogP contribution in [0.2, 0.25) is 0 Å². The highest BCUT2D eigenvalue weighted by molar-refractivity contribution is 9.11. The molecule has 2 heterocycles. The Kier molecular flexibility index (Phi) is 3.52. The van der Waals surface area contributed by atoms with E-state index in [0.717, 1.165) is 31.2 Å². The molecule has 0 amide bonds. The van der Waals surface area contributed by atoms with Crippen molar-refractivity contribution in [2.24, 2.45) is 0 Å². The fraction of sp³-hybridized carbons (Fsp3) is 0.0769. The largest absolute Gasteiger partial charge is 0.379 e. The van der Waals surface area contributed by atoms with Gasteiger partial charge in [0.1, 0.15) is 0 Å². The average Bonchev–Trinajstić information content (AvgIpc) is 2.85. The number of anilines is 1. The minimum atomic E-state index is 0.664. The lowest BCUT2D eigenvalue weighted by atomic mass is 10.2. The standard InChI is InChI=1S/C13H10Br2N4/c14-9-4-11(15)13(17-6-9)7-16-10-1-2-12-8(3-10)5-18-19-12/h1-6,16H,7H2,(H,18,19). The van der Waals surface area contributed by atoms with Gasteiger partial charge < -0.3 is 5.32 Å². The van der Waals surface area contributed by atoms with E-state index in [0.29, 0.717) is 6.54 Å². The molecule has 0 aliphatic rings. The molecule has 1 aromatic carbocycles. The van der Waals surface area contributed by atoms with Crippen LogP contribution in [0.1, 0.15) is 5.69 Å². The number of H-pyrrole nitrogens is 1. The van der Waals surface area contributed by atoms with Gasteiger partial charge in [0, 0.05) is 26.2 Å². The molecule has 0 bridgehead atoms. The summed E-state index contributed by atoms with van der Waals surface area (Å²) >= 11 is 6.90. The zero-order chi connectivity index (χ0) is 13.2. The summed E-state index contributed by atoms with van der Waals surface area (Å²) in [6, 6.07) is 8.08. The molecule has 19 heavy (non-hydrogen) atoms. The number of fused-ring (bicyclic) bond motifs is 1. The van der Waals surface area contributed by atoms with Gasteiger partial charge in [0.25, 0.3) is 0 Å². The predicted octanol–water partition coefficient (Wildman–Crippen LogP) is 4.10. The molecule has 96 valence electrons. The highest BCUT2D eigenvalue weighted by atomic mass is 79.9. The Balaban J connectivity index is 1.77. The molecule has 0 spiro atoms.